The van der Waals surface area contributed by atoms with Crippen LogP contribution in [0.4, 0.5) is 5.69 Å². The maximum atomic E-state index is 12.3. The minimum absolute atomic E-state index is 0.0980. The van der Waals surface area contributed by atoms with Crippen molar-refractivity contribution >= 4 is 33.1 Å². The van der Waals surface area contributed by atoms with Crippen LogP contribution in [0.1, 0.15) is 5.56 Å². The first-order chi connectivity index (χ1) is 13.6. The van der Waals surface area contributed by atoms with Gasteiger partial charge in [-0.2, -0.15) is 0 Å². The Morgan fingerprint density at radius 3 is 2.46 bits per heavy atom. The van der Waals surface area contributed by atoms with E-state index in [0.29, 0.717) is 21.7 Å². The van der Waals surface area contributed by atoms with Crippen molar-refractivity contribution < 1.29 is 9.53 Å². The minimum Gasteiger partial charge on any atom is -0.457 e. The molecule has 0 saturated carbocycles. The molecule has 0 spiro atoms. The number of thiophene rings is 1. The highest BCUT2D eigenvalue weighted by atomic mass is 32.1. The number of amides is 1. The quantitative estimate of drug-likeness (QED) is 0.553. The fourth-order valence-electron chi connectivity index (χ4n) is 2.71. The first-order valence-corrected chi connectivity index (χ1v) is 9.53. The fraction of sp³-hybridized carbons (Fsp3) is 0.0952. The summed E-state index contributed by atoms with van der Waals surface area (Å²) in [5, 5.41) is 5.11. The van der Waals surface area contributed by atoms with Gasteiger partial charge in [0, 0.05) is 5.69 Å². The van der Waals surface area contributed by atoms with E-state index in [1.165, 1.54) is 22.2 Å². The van der Waals surface area contributed by atoms with E-state index < -0.39 is 0 Å². The largest absolute Gasteiger partial charge is 0.457 e. The number of nitrogens with one attached hydrogen (secondary N) is 1. The number of hydrogen-bond acceptors (Lipinski definition) is 5. The van der Waals surface area contributed by atoms with Gasteiger partial charge in [0.1, 0.15) is 22.9 Å². The molecule has 4 rings (SSSR count). The number of benzene rings is 2. The Labute approximate surface area is 165 Å². The van der Waals surface area contributed by atoms with Crippen molar-refractivity contribution in [1.82, 2.24) is 9.55 Å². The Morgan fingerprint density at radius 1 is 1.07 bits per heavy atom. The molecule has 4 aromatic rings. The number of rotatable bonds is 5. The van der Waals surface area contributed by atoms with Crippen LogP contribution in [-0.4, -0.2) is 15.5 Å². The molecule has 28 heavy (non-hydrogen) atoms. The summed E-state index contributed by atoms with van der Waals surface area (Å²) in [6.45, 7) is 1.92. The predicted octanol–water partition coefficient (Wildman–Crippen LogP) is 4.20. The molecule has 0 aliphatic rings. The van der Waals surface area contributed by atoms with Gasteiger partial charge in [-0.3, -0.25) is 14.2 Å². The monoisotopic (exact) mass is 391 g/mol. The van der Waals surface area contributed by atoms with Gasteiger partial charge >= 0.3 is 0 Å². The van der Waals surface area contributed by atoms with E-state index in [2.05, 4.69) is 10.3 Å². The molecule has 0 fully saturated rings. The second-order valence-corrected chi connectivity index (χ2v) is 7.20. The van der Waals surface area contributed by atoms with Crippen molar-refractivity contribution in [2.24, 2.45) is 0 Å². The van der Waals surface area contributed by atoms with Gasteiger partial charge in [-0.15, -0.1) is 11.3 Å². The summed E-state index contributed by atoms with van der Waals surface area (Å²) in [6.07, 6.45) is 1.40. The molecule has 0 saturated heterocycles. The lowest BCUT2D eigenvalue weighted by atomic mass is 10.2. The summed E-state index contributed by atoms with van der Waals surface area (Å²) in [7, 11) is 0. The van der Waals surface area contributed by atoms with Crippen LogP contribution in [0, 0.1) is 6.92 Å². The maximum Gasteiger partial charge on any atom is 0.262 e. The smallest absolute Gasteiger partial charge is 0.262 e. The lowest BCUT2D eigenvalue weighted by molar-refractivity contribution is -0.116. The summed E-state index contributed by atoms with van der Waals surface area (Å²) in [4.78, 5) is 29.5. The third-order valence-electron chi connectivity index (χ3n) is 4.16. The van der Waals surface area contributed by atoms with E-state index in [1.54, 1.807) is 30.3 Å². The van der Waals surface area contributed by atoms with E-state index in [9.17, 15) is 9.59 Å². The van der Waals surface area contributed by atoms with Gasteiger partial charge in [-0.1, -0.05) is 17.7 Å². The zero-order valence-corrected chi connectivity index (χ0v) is 15.9. The Morgan fingerprint density at radius 2 is 1.75 bits per heavy atom. The van der Waals surface area contributed by atoms with Gasteiger partial charge in [0.25, 0.3) is 5.56 Å². The molecule has 140 valence electrons. The van der Waals surface area contributed by atoms with Gasteiger partial charge in [-0.25, -0.2) is 4.98 Å². The molecule has 0 atom stereocenters. The van der Waals surface area contributed by atoms with Crippen LogP contribution < -0.4 is 15.6 Å². The van der Waals surface area contributed by atoms with Crippen LogP contribution in [0.3, 0.4) is 0 Å². The van der Waals surface area contributed by atoms with Crippen LogP contribution in [0.2, 0.25) is 0 Å². The molecule has 7 heteroatoms. The molecular weight excluding hydrogens is 374 g/mol. The van der Waals surface area contributed by atoms with Crippen molar-refractivity contribution in [2.75, 3.05) is 5.32 Å². The number of hydrogen-bond donors (Lipinski definition) is 1. The van der Waals surface area contributed by atoms with Crippen LogP contribution in [0.5, 0.6) is 11.5 Å². The van der Waals surface area contributed by atoms with Crippen LogP contribution in [0.15, 0.2) is 71.1 Å². The van der Waals surface area contributed by atoms with Crippen LogP contribution in [-0.2, 0) is 11.3 Å². The third-order valence-corrected chi connectivity index (χ3v) is 4.98. The number of nitrogens with zero attached hydrogens (tertiary/aromatic N) is 2. The molecule has 0 radical (unpaired) electrons. The molecule has 0 unspecified atom stereocenters. The first kappa shape index (κ1) is 17.9. The van der Waals surface area contributed by atoms with Gasteiger partial charge in [0.15, 0.2) is 0 Å². The zero-order valence-electron chi connectivity index (χ0n) is 15.1. The fourth-order valence-corrected chi connectivity index (χ4v) is 3.43. The molecule has 1 N–H and O–H groups in total. The van der Waals surface area contributed by atoms with E-state index in [1.807, 2.05) is 36.6 Å². The number of aryl methyl sites for hydroxylation is 1. The number of aromatic nitrogens is 2. The van der Waals surface area contributed by atoms with Crippen LogP contribution in [0.25, 0.3) is 10.2 Å². The Hall–Kier alpha value is -3.45. The molecule has 2 aromatic heterocycles. The van der Waals surface area contributed by atoms with Crippen molar-refractivity contribution in [3.63, 3.8) is 0 Å². The third kappa shape index (κ3) is 3.94. The minimum atomic E-state index is -0.300. The summed E-state index contributed by atoms with van der Waals surface area (Å²) >= 11 is 1.40. The highest BCUT2D eigenvalue weighted by Crippen LogP contribution is 2.23. The second kappa shape index (κ2) is 7.66. The molecule has 0 aliphatic heterocycles. The second-order valence-electron chi connectivity index (χ2n) is 6.30. The SMILES string of the molecule is Cc1ccc(Oc2ccc(NC(=O)Cn3cnc4sccc4c3=O)cc2)cc1. The number of carbonyl (C=O) groups excluding carboxylic acids is 1. The number of carbonyl (C=O) groups is 1. The summed E-state index contributed by atoms with van der Waals surface area (Å²) in [6, 6.07) is 16.6. The number of fused-ring (bicyclic) bond motifs is 1. The van der Waals surface area contributed by atoms with Crippen molar-refractivity contribution in [3.05, 3.63) is 82.2 Å². The summed E-state index contributed by atoms with van der Waals surface area (Å²) in [5.74, 6) is 1.12. The highest BCUT2D eigenvalue weighted by molar-refractivity contribution is 7.16. The van der Waals surface area contributed by atoms with Gasteiger partial charge in [-0.05, 0) is 54.8 Å². The van der Waals surface area contributed by atoms with Crippen molar-refractivity contribution in [3.8, 4) is 11.5 Å². The van der Waals surface area contributed by atoms with E-state index in [4.69, 9.17) is 4.74 Å². The molecule has 0 aliphatic carbocycles. The standard InChI is InChI=1S/C21H17N3O3S/c1-14-2-6-16(7-3-14)27-17-8-4-15(5-9-17)23-19(25)12-24-13-22-20-18(21(24)26)10-11-28-20/h2-11,13H,12H2,1H3,(H,23,25). The van der Waals surface area contributed by atoms with E-state index in [0.717, 1.165) is 11.3 Å². The normalized spacial score (nSPS) is 10.8. The molecule has 1 amide bonds. The van der Waals surface area contributed by atoms with Gasteiger partial charge < -0.3 is 10.1 Å². The van der Waals surface area contributed by atoms with Crippen molar-refractivity contribution in [1.29, 1.82) is 0 Å². The highest BCUT2D eigenvalue weighted by Gasteiger charge is 2.09. The zero-order chi connectivity index (χ0) is 19.5. The van der Waals surface area contributed by atoms with E-state index in [-0.39, 0.29) is 18.0 Å². The molecule has 2 aromatic carbocycles. The van der Waals surface area contributed by atoms with Crippen molar-refractivity contribution in [2.45, 2.75) is 13.5 Å². The van der Waals surface area contributed by atoms with Crippen LogP contribution >= 0.6 is 11.3 Å². The average Bonchev–Trinajstić information content (AvgIpc) is 3.17. The molecule has 0 bridgehead atoms. The molecule has 2 heterocycles. The first-order valence-electron chi connectivity index (χ1n) is 8.65. The Kier molecular flexibility index (Phi) is 4.90. The van der Waals surface area contributed by atoms with Gasteiger partial charge in [0.2, 0.25) is 5.91 Å². The lowest BCUT2D eigenvalue weighted by Crippen LogP contribution is -2.27. The maximum absolute atomic E-state index is 12.3. The number of ether oxygens (including phenoxy) is 1. The number of anilines is 1. The Balaban J connectivity index is 1.40. The molecular formula is C21H17N3O3S. The molecule has 6 nitrogen and oxygen atoms in total. The Bertz CT molecular complexity index is 1180. The average molecular weight is 391 g/mol. The predicted molar refractivity (Wildman–Crippen MR) is 110 cm³/mol. The van der Waals surface area contributed by atoms with Gasteiger partial charge in [0.05, 0.1) is 11.7 Å². The summed E-state index contributed by atoms with van der Waals surface area (Å²) < 4.78 is 7.08. The topological polar surface area (TPSA) is 73.2 Å². The summed E-state index contributed by atoms with van der Waals surface area (Å²) in [5.41, 5.74) is 1.57. The lowest BCUT2D eigenvalue weighted by Gasteiger charge is -2.09. The van der Waals surface area contributed by atoms with E-state index >= 15 is 0 Å².